The lowest BCUT2D eigenvalue weighted by molar-refractivity contribution is 0.602. The Morgan fingerprint density at radius 3 is 2.80 bits per heavy atom. The predicted molar refractivity (Wildman–Crippen MR) is 79.1 cm³/mol. The Morgan fingerprint density at radius 2 is 2.05 bits per heavy atom. The summed E-state index contributed by atoms with van der Waals surface area (Å²) in [6.45, 7) is 0. The number of sulfonamides is 1. The molecule has 0 bridgehead atoms. The third-order valence-electron chi connectivity index (χ3n) is 2.75. The summed E-state index contributed by atoms with van der Waals surface area (Å²) in [7, 11) is -3.68. The van der Waals surface area contributed by atoms with Gasteiger partial charge in [0.2, 0.25) is 0 Å². The molecule has 3 aromatic rings. The number of fused-ring (bicyclic) bond motifs is 1. The van der Waals surface area contributed by atoms with Gasteiger partial charge in [-0.2, -0.15) is 0 Å². The van der Waals surface area contributed by atoms with Crippen molar-refractivity contribution in [1.82, 2.24) is 9.59 Å². The number of nitrogens with two attached hydrogens (primary N) is 1. The molecule has 1 aromatic heterocycles. The van der Waals surface area contributed by atoms with Gasteiger partial charge in [-0.1, -0.05) is 22.7 Å². The first-order valence-electron chi connectivity index (χ1n) is 5.65. The number of nitrogens with one attached hydrogen (secondary N) is 1. The summed E-state index contributed by atoms with van der Waals surface area (Å²) in [6, 6.07) is 10.2. The highest BCUT2D eigenvalue weighted by atomic mass is 32.2. The molecule has 0 fully saturated rings. The van der Waals surface area contributed by atoms with Gasteiger partial charge >= 0.3 is 0 Å². The molecule has 20 heavy (non-hydrogen) atoms. The molecule has 3 rings (SSSR count). The van der Waals surface area contributed by atoms with Crippen molar-refractivity contribution in [3.8, 4) is 0 Å². The number of nitrogens with zero attached hydrogens (tertiary/aromatic N) is 2. The van der Waals surface area contributed by atoms with E-state index in [-0.39, 0.29) is 4.90 Å². The molecule has 1 heterocycles. The fraction of sp³-hybridized carbons (Fsp3) is 0. The van der Waals surface area contributed by atoms with E-state index in [1.807, 2.05) is 6.07 Å². The SMILES string of the molecule is Nc1ccc2c(S(=O)(=O)Nc3cnns3)cccc2c1. The first-order valence-corrected chi connectivity index (χ1v) is 7.90. The summed E-state index contributed by atoms with van der Waals surface area (Å²) in [6.07, 6.45) is 1.37. The van der Waals surface area contributed by atoms with E-state index in [1.165, 1.54) is 6.20 Å². The normalized spacial score (nSPS) is 11.6. The zero-order valence-corrected chi connectivity index (χ0v) is 11.8. The van der Waals surface area contributed by atoms with Crippen LogP contribution in [-0.2, 0) is 10.0 Å². The van der Waals surface area contributed by atoms with Gasteiger partial charge in [-0.05, 0) is 23.6 Å². The van der Waals surface area contributed by atoms with Crippen LogP contribution in [0.1, 0.15) is 0 Å². The lowest BCUT2D eigenvalue weighted by Crippen LogP contribution is -2.12. The van der Waals surface area contributed by atoms with E-state index < -0.39 is 10.0 Å². The maximum Gasteiger partial charge on any atom is 0.263 e. The van der Waals surface area contributed by atoms with Crippen LogP contribution in [0.2, 0.25) is 0 Å². The number of benzene rings is 2. The van der Waals surface area contributed by atoms with Gasteiger partial charge in [0.25, 0.3) is 10.0 Å². The molecule has 0 saturated heterocycles. The van der Waals surface area contributed by atoms with Crippen LogP contribution >= 0.6 is 11.5 Å². The van der Waals surface area contributed by atoms with E-state index in [4.69, 9.17) is 5.73 Å². The van der Waals surface area contributed by atoms with Crippen molar-refractivity contribution < 1.29 is 8.42 Å². The molecule has 8 heteroatoms. The van der Waals surface area contributed by atoms with E-state index in [1.54, 1.807) is 30.3 Å². The Bertz CT molecular complexity index is 860. The second-order valence-electron chi connectivity index (χ2n) is 4.12. The van der Waals surface area contributed by atoms with Crippen LogP contribution in [0.3, 0.4) is 0 Å². The van der Waals surface area contributed by atoms with Gasteiger partial charge in [0.15, 0.2) is 0 Å². The first kappa shape index (κ1) is 12.8. The lowest BCUT2D eigenvalue weighted by Gasteiger charge is -2.09. The second-order valence-corrected chi connectivity index (χ2v) is 6.56. The Morgan fingerprint density at radius 1 is 1.20 bits per heavy atom. The van der Waals surface area contributed by atoms with Crippen LogP contribution in [0.25, 0.3) is 10.8 Å². The molecule has 2 aromatic carbocycles. The van der Waals surface area contributed by atoms with Gasteiger partial charge in [0, 0.05) is 22.6 Å². The van der Waals surface area contributed by atoms with Gasteiger partial charge in [0.1, 0.15) is 5.00 Å². The molecule has 102 valence electrons. The van der Waals surface area contributed by atoms with Crippen molar-refractivity contribution in [2.45, 2.75) is 4.90 Å². The summed E-state index contributed by atoms with van der Waals surface area (Å²) in [4.78, 5) is 0.198. The van der Waals surface area contributed by atoms with Crippen molar-refractivity contribution in [1.29, 1.82) is 0 Å². The summed E-state index contributed by atoms with van der Waals surface area (Å²) >= 11 is 0.981. The summed E-state index contributed by atoms with van der Waals surface area (Å²) in [5.41, 5.74) is 6.30. The average Bonchev–Trinajstić information content (AvgIpc) is 2.89. The molecule has 6 nitrogen and oxygen atoms in total. The van der Waals surface area contributed by atoms with E-state index in [2.05, 4.69) is 14.3 Å². The Hall–Kier alpha value is -2.19. The zero-order chi connectivity index (χ0) is 14.2. The minimum atomic E-state index is -3.68. The zero-order valence-electron chi connectivity index (χ0n) is 10.1. The van der Waals surface area contributed by atoms with Crippen molar-refractivity contribution in [2.75, 3.05) is 10.5 Å². The molecule has 0 radical (unpaired) electrons. The number of hydrogen-bond donors (Lipinski definition) is 2. The van der Waals surface area contributed by atoms with E-state index >= 15 is 0 Å². The van der Waals surface area contributed by atoms with E-state index in [0.717, 1.165) is 16.9 Å². The average molecular weight is 306 g/mol. The van der Waals surface area contributed by atoms with Crippen molar-refractivity contribution in [3.63, 3.8) is 0 Å². The number of rotatable bonds is 3. The standard InChI is InChI=1S/C12H10N4O2S2/c13-9-4-5-10-8(6-9)2-1-3-11(10)20(17,18)15-12-7-14-16-19-12/h1-7,15H,13H2. The number of hydrogen-bond acceptors (Lipinski definition) is 6. The van der Waals surface area contributed by atoms with Crippen molar-refractivity contribution in [3.05, 3.63) is 42.6 Å². The van der Waals surface area contributed by atoms with Crippen molar-refractivity contribution in [2.24, 2.45) is 0 Å². The predicted octanol–water partition coefficient (Wildman–Crippen LogP) is 2.07. The molecule has 0 aliphatic carbocycles. The van der Waals surface area contributed by atoms with Crippen LogP contribution in [0.5, 0.6) is 0 Å². The van der Waals surface area contributed by atoms with Gasteiger partial charge < -0.3 is 5.73 Å². The van der Waals surface area contributed by atoms with Gasteiger partial charge in [-0.3, -0.25) is 4.72 Å². The molecule has 0 amide bonds. The number of anilines is 2. The Balaban J connectivity index is 2.14. The topological polar surface area (TPSA) is 98.0 Å². The highest BCUT2D eigenvalue weighted by Crippen LogP contribution is 2.26. The molecular weight excluding hydrogens is 296 g/mol. The monoisotopic (exact) mass is 306 g/mol. The summed E-state index contributed by atoms with van der Waals surface area (Å²) in [5, 5.41) is 5.36. The molecule has 0 saturated carbocycles. The minimum absolute atomic E-state index is 0.198. The minimum Gasteiger partial charge on any atom is -0.399 e. The fourth-order valence-corrected chi connectivity index (χ4v) is 3.82. The molecule has 0 atom stereocenters. The smallest absolute Gasteiger partial charge is 0.263 e. The molecule has 0 aliphatic rings. The maximum atomic E-state index is 12.4. The van der Waals surface area contributed by atoms with Gasteiger partial charge in [-0.25, -0.2) is 8.42 Å². The Kier molecular flexibility index (Phi) is 3.03. The molecule has 0 aliphatic heterocycles. The molecule has 3 N–H and O–H groups in total. The summed E-state index contributed by atoms with van der Waals surface area (Å²) in [5.74, 6) is 0. The Labute approximate surface area is 119 Å². The van der Waals surface area contributed by atoms with Crippen LogP contribution in [0.4, 0.5) is 10.7 Å². The highest BCUT2D eigenvalue weighted by molar-refractivity contribution is 7.93. The van der Waals surface area contributed by atoms with Crippen LogP contribution in [-0.4, -0.2) is 18.0 Å². The fourth-order valence-electron chi connectivity index (χ4n) is 1.91. The van der Waals surface area contributed by atoms with Crippen LogP contribution in [0, 0.1) is 0 Å². The van der Waals surface area contributed by atoms with Gasteiger partial charge in [0.05, 0.1) is 11.1 Å². The quantitative estimate of drug-likeness (QED) is 0.722. The summed E-state index contributed by atoms with van der Waals surface area (Å²) < 4.78 is 30.9. The van der Waals surface area contributed by atoms with Crippen LogP contribution < -0.4 is 10.5 Å². The molecule has 0 unspecified atom stereocenters. The van der Waals surface area contributed by atoms with Gasteiger partial charge in [-0.15, -0.1) is 5.10 Å². The third-order valence-corrected chi connectivity index (χ3v) is 4.88. The number of nitrogen functional groups attached to an aromatic ring is 1. The third kappa shape index (κ3) is 2.30. The lowest BCUT2D eigenvalue weighted by atomic mass is 10.1. The molecular formula is C12H10N4O2S2. The van der Waals surface area contributed by atoms with Crippen LogP contribution in [0.15, 0.2) is 47.5 Å². The van der Waals surface area contributed by atoms with Crippen molar-refractivity contribution >= 4 is 43.0 Å². The second kappa shape index (κ2) is 4.73. The molecule has 0 spiro atoms. The highest BCUT2D eigenvalue weighted by Gasteiger charge is 2.18. The largest absolute Gasteiger partial charge is 0.399 e. The maximum absolute atomic E-state index is 12.4. The van der Waals surface area contributed by atoms with E-state index in [0.29, 0.717) is 16.1 Å². The van der Waals surface area contributed by atoms with E-state index in [9.17, 15) is 8.42 Å². The first-order chi connectivity index (χ1) is 9.56. The number of aromatic nitrogens is 2.